The Kier molecular flexibility index (Phi) is 3.88. The van der Waals surface area contributed by atoms with Gasteiger partial charge in [-0.25, -0.2) is 0 Å². The summed E-state index contributed by atoms with van der Waals surface area (Å²) in [6, 6.07) is 2.96. The number of ether oxygens (including phenoxy) is 3. The summed E-state index contributed by atoms with van der Waals surface area (Å²) >= 11 is 0. The molecule has 0 saturated heterocycles. The van der Waals surface area contributed by atoms with Gasteiger partial charge < -0.3 is 14.2 Å². The SMILES string of the molecule is COC(=O)CN1C(=O)COc2c(OC)cc(C=O)cc21. The minimum Gasteiger partial charge on any atom is -0.493 e. The molecule has 0 bridgehead atoms. The second kappa shape index (κ2) is 5.60. The Bertz CT molecular complexity index is 568. The van der Waals surface area contributed by atoms with Gasteiger partial charge in [0.1, 0.15) is 12.8 Å². The monoisotopic (exact) mass is 279 g/mol. The van der Waals surface area contributed by atoms with Gasteiger partial charge in [0.25, 0.3) is 5.91 Å². The molecular weight excluding hydrogens is 266 g/mol. The van der Waals surface area contributed by atoms with Crippen LogP contribution >= 0.6 is 0 Å². The maximum absolute atomic E-state index is 11.9. The Hall–Kier alpha value is -2.57. The molecule has 0 fully saturated rings. The van der Waals surface area contributed by atoms with Crippen LogP contribution < -0.4 is 14.4 Å². The fourth-order valence-corrected chi connectivity index (χ4v) is 1.89. The molecule has 1 heterocycles. The summed E-state index contributed by atoms with van der Waals surface area (Å²) in [6.07, 6.45) is 0.623. The molecule has 0 spiro atoms. The van der Waals surface area contributed by atoms with E-state index in [1.165, 1.54) is 31.3 Å². The zero-order valence-corrected chi connectivity index (χ0v) is 11.0. The van der Waals surface area contributed by atoms with Crippen molar-refractivity contribution in [1.82, 2.24) is 0 Å². The van der Waals surface area contributed by atoms with Crippen LogP contribution in [0.25, 0.3) is 0 Å². The predicted molar refractivity (Wildman–Crippen MR) is 68.2 cm³/mol. The van der Waals surface area contributed by atoms with Crippen molar-refractivity contribution < 1.29 is 28.6 Å². The number of benzene rings is 1. The van der Waals surface area contributed by atoms with Gasteiger partial charge in [-0.3, -0.25) is 19.3 Å². The quantitative estimate of drug-likeness (QED) is 0.586. The first-order valence-corrected chi connectivity index (χ1v) is 5.78. The fourth-order valence-electron chi connectivity index (χ4n) is 1.89. The molecule has 1 amide bonds. The van der Waals surface area contributed by atoms with E-state index in [4.69, 9.17) is 9.47 Å². The van der Waals surface area contributed by atoms with Gasteiger partial charge in [-0.15, -0.1) is 0 Å². The molecule has 1 aliphatic rings. The molecule has 7 heteroatoms. The molecule has 0 N–H and O–H groups in total. The van der Waals surface area contributed by atoms with Crippen LogP contribution in [0.15, 0.2) is 12.1 Å². The first kappa shape index (κ1) is 13.9. The summed E-state index contributed by atoms with van der Waals surface area (Å²) in [7, 11) is 2.66. The number of rotatable bonds is 4. The molecule has 20 heavy (non-hydrogen) atoms. The molecule has 0 atom stereocenters. The number of hydrogen-bond donors (Lipinski definition) is 0. The summed E-state index contributed by atoms with van der Waals surface area (Å²) in [5.41, 5.74) is 0.627. The van der Waals surface area contributed by atoms with Gasteiger partial charge in [0, 0.05) is 5.56 Å². The Morgan fingerprint density at radius 2 is 2.20 bits per heavy atom. The van der Waals surface area contributed by atoms with E-state index in [0.717, 1.165) is 0 Å². The maximum Gasteiger partial charge on any atom is 0.325 e. The first-order chi connectivity index (χ1) is 9.60. The van der Waals surface area contributed by atoms with Gasteiger partial charge in [0.05, 0.1) is 19.9 Å². The van der Waals surface area contributed by atoms with Gasteiger partial charge in [-0.2, -0.15) is 0 Å². The van der Waals surface area contributed by atoms with Crippen molar-refractivity contribution in [2.75, 3.05) is 32.3 Å². The third-order valence-electron chi connectivity index (χ3n) is 2.86. The van der Waals surface area contributed by atoms with Crippen LogP contribution in [0.2, 0.25) is 0 Å². The Morgan fingerprint density at radius 3 is 2.80 bits per heavy atom. The van der Waals surface area contributed by atoms with Crippen molar-refractivity contribution in [1.29, 1.82) is 0 Å². The number of methoxy groups -OCH3 is 2. The number of carbonyl (C=O) groups is 3. The van der Waals surface area contributed by atoms with E-state index >= 15 is 0 Å². The molecule has 0 saturated carbocycles. The molecule has 1 aromatic rings. The second-order valence-corrected chi connectivity index (χ2v) is 4.03. The molecule has 1 aliphatic heterocycles. The van der Waals surface area contributed by atoms with Crippen LogP contribution in [-0.2, 0) is 14.3 Å². The average molecular weight is 279 g/mol. The highest BCUT2D eigenvalue weighted by Crippen LogP contribution is 2.41. The van der Waals surface area contributed by atoms with Crippen LogP contribution in [0, 0.1) is 0 Å². The lowest BCUT2D eigenvalue weighted by Gasteiger charge is -2.29. The second-order valence-electron chi connectivity index (χ2n) is 4.03. The molecular formula is C13H13NO6. The molecule has 0 aliphatic carbocycles. The topological polar surface area (TPSA) is 82.1 Å². The fraction of sp³-hybridized carbons (Fsp3) is 0.308. The lowest BCUT2D eigenvalue weighted by molar-refractivity contribution is -0.140. The third-order valence-corrected chi connectivity index (χ3v) is 2.86. The van der Waals surface area contributed by atoms with Gasteiger partial charge >= 0.3 is 5.97 Å². The molecule has 1 aromatic carbocycles. The number of anilines is 1. The van der Waals surface area contributed by atoms with Crippen LogP contribution in [0.3, 0.4) is 0 Å². The number of aldehydes is 1. The van der Waals surface area contributed by atoms with E-state index in [9.17, 15) is 14.4 Å². The van der Waals surface area contributed by atoms with Crippen LogP contribution in [-0.4, -0.2) is 45.5 Å². The van der Waals surface area contributed by atoms with Crippen molar-refractivity contribution in [3.05, 3.63) is 17.7 Å². The van der Waals surface area contributed by atoms with Crippen molar-refractivity contribution in [3.63, 3.8) is 0 Å². The minimum atomic E-state index is -0.568. The largest absolute Gasteiger partial charge is 0.493 e. The van der Waals surface area contributed by atoms with Crippen LogP contribution in [0.5, 0.6) is 11.5 Å². The Morgan fingerprint density at radius 1 is 1.45 bits per heavy atom. The Labute approximate surface area is 115 Å². The first-order valence-electron chi connectivity index (χ1n) is 5.78. The van der Waals surface area contributed by atoms with E-state index < -0.39 is 11.9 Å². The standard InChI is InChI=1S/C13H13NO6/c1-18-10-4-8(6-15)3-9-13(10)20-7-11(16)14(9)5-12(17)19-2/h3-4,6H,5,7H2,1-2H3. The van der Waals surface area contributed by atoms with Crippen LogP contribution in [0.4, 0.5) is 5.69 Å². The van der Waals surface area contributed by atoms with Crippen LogP contribution in [0.1, 0.15) is 10.4 Å². The molecule has 106 valence electrons. The summed E-state index contributed by atoms with van der Waals surface area (Å²) in [4.78, 5) is 35.4. The van der Waals surface area contributed by atoms with Gasteiger partial charge in [0.2, 0.25) is 0 Å². The zero-order chi connectivity index (χ0) is 14.7. The van der Waals surface area contributed by atoms with Gasteiger partial charge in [0.15, 0.2) is 18.1 Å². The van der Waals surface area contributed by atoms with Crippen molar-refractivity contribution in [2.24, 2.45) is 0 Å². The Balaban J connectivity index is 2.50. The maximum atomic E-state index is 11.9. The molecule has 0 radical (unpaired) electrons. The number of esters is 1. The lowest BCUT2D eigenvalue weighted by atomic mass is 10.1. The average Bonchev–Trinajstić information content (AvgIpc) is 2.48. The minimum absolute atomic E-state index is 0.208. The highest BCUT2D eigenvalue weighted by Gasteiger charge is 2.30. The lowest BCUT2D eigenvalue weighted by Crippen LogP contribution is -2.42. The molecule has 7 nitrogen and oxygen atoms in total. The van der Waals surface area contributed by atoms with E-state index in [-0.39, 0.29) is 13.2 Å². The highest BCUT2D eigenvalue weighted by atomic mass is 16.5. The smallest absolute Gasteiger partial charge is 0.325 e. The summed E-state index contributed by atoms with van der Waals surface area (Å²) in [5.74, 6) is -0.316. The zero-order valence-electron chi connectivity index (χ0n) is 11.0. The van der Waals surface area contributed by atoms with Gasteiger partial charge in [-0.05, 0) is 12.1 Å². The predicted octanol–water partition coefficient (Wildman–Crippen LogP) is 0.406. The number of hydrogen-bond acceptors (Lipinski definition) is 6. The van der Waals surface area contributed by atoms with Crippen molar-refractivity contribution >= 4 is 23.9 Å². The number of nitrogens with zero attached hydrogens (tertiary/aromatic N) is 1. The molecule has 0 aromatic heterocycles. The highest BCUT2D eigenvalue weighted by molar-refractivity contribution is 6.02. The van der Waals surface area contributed by atoms with Crippen molar-refractivity contribution in [2.45, 2.75) is 0 Å². The third kappa shape index (κ3) is 2.42. The van der Waals surface area contributed by atoms with E-state index in [0.29, 0.717) is 29.0 Å². The van der Waals surface area contributed by atoms with E-state index in [1.54, 1.807) is 0 Å². The summed E-state index contributed by atoms with van der Waals surface area (Å²) < 4.78 is 15.0. The van der Waals surface area contributed by atoms with Gasteiger partial charge in [-0.1, -0.05) is 0 Å². The number of fused-ring (bicyclic) bond motifs is 1. The van der Waals surface area contributed by atoms with E-state index in [1.807, 2.05) is 0 Å². The van der Waals surface area contributed by atoms with Crippen molar-refractivity contribution in [3.8, 4) is 11.5 Å². The molecule has 2 rings (SSSR count). The molecule has 0 unspecified atom stereocenters. The number of amides is 1. The number of carbonyl (C=O) groups excluding carboxylic acids is 3. The summed E-state index contributed by atoms with van der Waals surface area (Å²) in [5, 5.41) is 0. The normalized spacial score (nSPS) is 13.3. The summed E-state index contributed by atoms with van der Waals surface area (Å²) in [6.45, 7) is -0.460. The van der Waals surface area contributed by atoms with E-state index in [2.05, 4.69) is 4.74 Å².